The Hall–Kier alpha value is -1.79. The van der Waals surface area contributed by atoms with Crippen LogP contribution >= 0.6 is 0 Å². The molecule has 11 heteroatoms. The molecule has 5 unspecified atom stereocenters. The van der Waals surface area contributed by atoms with Gasteiger partial charge in [-0.25, -0.2) is 0 Å². The summed E-state index contributed by atoms with van der Waals surface area (Å²) in [6.07, 6.45) is -4.17. The molecular weight excluding hydrogens is 419 g/mol. The molecule has 0 radical (unpaired) electrons. The highest BCUT2D eigenvalue weighted by molar-refractivity contribution is 5.76. The van der Waals surface area contributed by atoms with Gasteiger partial charge in [0.15, 0.2) is 0 Å². The van der Waals surface area contributed by atoms with Gasteiger partial charge in [0, 0.05) is 45.0 Å². The van der Waals surface area contributed by atoms with E-state index in [0.717, 1.165) is 12.3 Å². The number of hydrogen-bond donors (Lipinski definition) is 2. The third-order valence-corrected chi connectivity index (χ3v) is 5.91. The molecule has 5 atom stereocenters. The third kappa shape index (κ3) is 5.17. The van der Waals surface area contributed by atoms with E-state index >= 15 is 0 Å². The fourth-order valence-electron chi connectivity index (χ4n) is 4.34. The van der Waals surface area contributed by atoms with Crippen molar-refractivity contribution in [1.29, 1.82) is 0 Å². The van der Waals surface area contributed by atoms with E-state index in [1.54, 1.807) is 4.90 Å². The van der Waals surface area contributed by atoms with Gasteiger partial charge in [-0.05, 0) is 11.6 Å². The van der Waals surface area contributed by atoms with Gasteiger partial charge in [-0.3, -0.25) is 9.78 Å². The summed E-state index contributed by atoms with van der Waals surface area (Å²) in [7, 11) is 0. The lowest BCUT2D eigenvalue weighted by molar-refractivity contribution is -0.139. The van der Waals surface area contributed by atoms with Crippen LogP contribution < -0.4 is 5.32 Å². The van der Waals surface area contributed by atoms with Crippen molar-refractivity contribution in [3.8, 4) is 0 Å². The standard InChI is InChI=1S/C20H26F3N3O5/c21-20(22,23)14-1-2-24-9-12(14)10-25-11-16-18(28)19-15(31-16)7-13(30-19)8-17(27)26-3-5-29-6-4-26/h1-2,9,13,15-16,18-19,25,28H,3-8,10-11H2. The molecule has 4 rings (SSSR count). The summed E-state index contributed by atoms with van der Waals surface area (Å²) < 4.78 is 56.2. The number of nitrogens with one attached hydrogen (secondary N) is 1. The number of pyridine rings is 1. The maximum atomic E-state index is 13.1. The smallest absolute Gasteiger partial charge is 0.388 e. The Kier molecular flexibility index (Phi) is 6.77. The summed E-state index contributed by atoms with van der Waals surface area (Å²) in [5.74, 6) is -0.00193. The minimum absolute atomic E-state index is 0.00193. The predicted molar refractivity (Wildman–Crippen MR) is 101 cm³/mol. The molecule has 4 heterocycles. The Labute approximate surface area is 177 Å². The maximum absolute atomic E-state index is 13.1. The second-order valence-electron chi connectivity index (χ2n) is 8.02. The number of carbonyl (C=O) groups excluding carboxylic acids is 1. The van der Waals surface area contributed by atoms with Crippen LogP contribution in [-0.4, -0.2) is 84.3 Å². The first kappa shape index (κ1) is 22.4. The van der Waals surface area contributed by atoms with E-state index in [1.165, 1.54) is 6.20 Å². The number of ether oxygens (including phenoxy) is 3. The number of alkyl halides is 3. The molecule has 172 valence electrons. The fourth-order valence-corrected chi connectivity index (χ4v) is 4.34. The number of rotatable bonds is 6. The van der Waals surface area contributed by atoms with Crippen molar-refractivity contribution in [1.82, 2.24) is 15.2 Å². The number of halogens is 3. The molecule has 1 aromatic rings. The van der Waals surface area contributed by atoms with Crippen LogP contribution in [0.1, 0.15) is 24.0 Å². The molecule has 0 aliphatic carbocycles. The van der Waals surface area contributed by atoms with Gasteiger partial charge in [0.1, 0.15) is 12.2 Å². The molecule has 1 aromatic heterocycles. The minimum Gasteiger partial charge on any atom is -0.388 e. The largest absolute Gasteiger partial charge is 0.416 e. The predicted octanol–water partition coefficient (Wildman–Crippen LogP) is 0.725. The SMILES string of the molecule is O=C(CC1CC2OC(CNCc3cnccc3C(F)(F)F)C(O)C2O1)N1CCOCC1. The summed E-state index contributed by atoms with van der Waals surface area (Å²) >= 11 is 0. The molecule has 3 aliphatic rings. The quantitative estimate of drug-likeness (QED) is 0.667. The molecule has 2 N–H and O–H groups in total. The van der Waals surface area contributed by atoms with Gasteiger partial charge in [0.2, 0.25) is 5.91 Å². The number of aliphatic hydroxyl groups excluding tert-OH is 1. The normalized spacial score (nSPS) is 31.1. The second kappa shape index (κ2) is 9.37. The Morgan fingerprint density at radius 2 is 2.06 bits per heavy atom. The van der Waals surface area contributed by atoms with Crippen molar-refractivity contribution < 1.29 is 37.3 Å². The van der Waals surface area contributed by atoms with Crippen molar-refractivity contribution >= 4 is 5.91 Å². The monoisotopic (exact) mass is 445 g/mol. The van der Waals surface area contributed by atoms with Crippen LogP contribution in [0.2, 0.25) is 0 Å². The number of amides is 1. The van der Waals surface area contributed by atoms with Gasteiger partial charge in [-0.1, -0.05) is 0 Å². The van der Waals surface area contributed by atoms with Crippen LogP contribution in [0.15, 0.2) is 18.5 Å². The molecule has 3 fully saturated rings. The van der Waals surface area contributed by atoms with Gasteiger partial charge in [0.05, 0.1) is 43.5 Å². The zero-order valence-electron chi connectivity index (χ0n) is 16.9. The maximum Gasteiger partial charge on any atom is 0.416 e. The van der Waals surface area contributed by atoms with Crippen LogP contribution in [-0.2, 0) is 31.7 Å². The van der Waals surface area contributed by atoms with Gasteiger partial charge < -0.3 is 29.5 Å². The van der Waals surface area contributed by atoms with Crippen molar-refractivity contribution in [2.24, 2.45) is 0 Å². The van der Waals surface area contributed by atoms with Gasteiger partial charge in [0.25, 0.3) is 0 Å². The molecule has 8 nitrogen and oxygen atoms in total. The summed E-state index contributed by atoms with van der Waals surface area (Å²) in [6, 6.07) is 0.939. The summed E-state index contributed by atoms with van der Waals surface area (Å²) in [6.45, 7) is 2.31. The first-order chi connectivity index (χ1) is 14.8. The Bertz CT molecular complexity index is 775. The molecule has 3 saturated heterocycles. The zero-order chi connectivity index (χ0) is 22.0. The molecule has 0 aromatic carbocycles. The van der Waals surface area contributed by atoms with Gasteiger partial charge >= 0.3 is 6.18 Å². The lowest BCUT2D eigenvalue weighted by Gasteiger charge is -2.28. The molecule has 0 spiro atoms. The number of aromatic nitrogens is 1. The van der Waals surface area contributed by atoms with Crippen LogP contribution in [0.25, 0.3) is 0 Å². The van der Waals surface area contributed by atoms with Crippen LogP contribution in [0.3, 0.4) is 0 Å². The molecule has 0 bridgehead atoms. The number of aliphatic hydroxyl groups is 1. The minimum atomic E-state index is -4.46. The van der Waals surface area contributed by atoms with Crippen LogP contribution in [0, 0.1) is 0 Å². The number of fused-ring (bicyclic) bond motifs is 1. The lowest BCUT2D eigenvalue weighted by Crippen LogP contribution is -2.42. The van der Waals surface area contributed by atoms with E-state index < -0.39 is 30.1 Å². The average Bonchev–Trinajstić information content (AvgIpc) is 3.26. The van der Waals surface area contributed by atoms with Crippen molar-refractivity contribution in [3.05, 3.63) is 29.6 Å². The van der Waals surface area contributed by atoms with E-state index in [2.05, 4.69) is 10.3 Å². The van der Waals surface area contributed by atoms with Gasteiger partial charge in [-0.2, -0.15) is 13.2 Å². The van der Waals surface area contributed by atoms with E-state index in [0.29, 0.717) is 32.7 Å². The van der Waals surface area contributed by atoms with E-state index in [-0.39, 0.29) is 43.2 Å². The molecule has 1 amide bonds. The summed E-state index contributed by atoms with van der Waals surface area (Å²) in [5, 5.41) is 13.5. The average molecular weight is 445 g/mol. The van der Waals surface area contributed by atoms with Crippen LogP contribution in [0.4, 0.5) is 13.2 Å². The number of hydrogen-bond acceptors (Lipinski definition) is 7. The fraction of sp³-hybridized carbons (Fsp3) is 0.700. The first-order valence-electron chi connectivity index (χ1n) is 10.4. The number of nitrogens with zero attached hydrogens (tertiary/aromatic N) is 2. The highest BCUT2D eigenvalue weighted by Gasteiger charge is 2.50. The van der Waals surface area contributed by atoms with E-state index in [1.807, 2.05) is 0 Å². The Morgan fingerprint density at radius 3 is 2.77 bits per heavy atom. The number of carbonyl (C=O) groups is 1. The number of morpholine rings is 1. The topological polar surface area (TPSA) is 93.2 Å². The Morgan fingerprint density at radius 1 is 1.29 bits per heavy atom. The third-order valence-electron chi connectivity index (χ3n) is 5.91. The Balaban J connectivity index is 1.24. The molecular formula is C20H26F3N3O5. The highest BCUT2D eigenvalue weighted by atomic mass is 19.4. The van der Waals surface area contributed by atoms with Crippen LogP contribution in [0.5, 0.6) is 0 Å². The highest BCUT2D eigenvalue weighted by Crippen LogP contribution is 2.36. The van der Waals surface area contributed by atoms with E-state index in [4.69, 9.17) is 14.2 Å². The van der Waals surface area contributed by atoms with E-state index in [9.17, 15) is 23.1 Å². The van der Waals surface area contributed by atoms with Crippen molar-refractivity contribution in [2.75, 3.05) is 32.8 Å². The molecule has 31 heavy (non-hydrogen) atoms. The summed E-state index contributed by atoms with van der Waals surface area (Å²) in [5.41, 5.74) is -0.712. The first-order valence-corrected chi connectivity index (χ1v) is 10.4. The molecule has 0 saturated carbocycles. The lowest BCUT2D eigenvalue weighted by atomic mass is 10.1. The zero-order valence-corrected chi connectivity index (χ0v) is 16.9. The second-order valence-corrected chi connectivity index (χ2v) is 8.02. The molecule has 3 aliphatic heterocycles. The van der Waals surface area contributed by atoms with Crippen molar-refractivity contribution in [2.45, 2.75) is 56.1 Å². The summed E-state index contributed by atoms with van der Waals surface area (Å²) in [4.78, 5) is 17.9. The van der Waals surface area contributed by atoms with Crippen molar-refractivity contribution in [3.63, 3.8) is 0 Å². The van der Waals surface area contributed by atoms with Gasteiger partial charge in [-0.15, -0.1) is 0 Å².